The highest BCUT2D eigenvalue weighted by Crippen LogP contribution is 2.39. The van der Waals surface area contributed by atoms with Crippen molar-refractivity contribution in [3.05, 3.63) is 77.5 Å². The maximum atomic E-state index is 13.8. The zero-order chi connectivity index (χ0) is 34.1. The van der Waals surface area contributed by atoms with Crippen LogP contribution >= 0.6 is 0 Å². The molecule has 3 aromatic heterocycles. The van der Waals surface area contributed by atoms with E-state index >= 15 is 0 Å². The number of halogens is 3. The molecule has 4 heterocycles. The molecule has 6 rings (SSSR count). The molecule has 15 heteroatoms. The third-order valence-electron chi connectivity index (χ3n) is 7.44. The number of pyridine rings is 1. The lowest BCUT2D eigenvalue weighted by molar-refractivity contribution is -0.137. The third kappa shape index (κ3) is 7.14. The summed E-state index contributed by atoms with van der Waals surface area (Å²) in [4.78, 5) is 14.5. The summed E-state index contributed by atoms with van der Waals surface area (Å²) >= 11 is 0. The number of nitrogens with one attached hydrogen (secondary N) is 1. The number of fused-ring (bicyclic) bond motifs is 1. The Kier molecular flexibility index (Phi) is 9.13. The summed E-state index contributed by atoms with van der Waals surface area (Å²) in [5.74, 6) is 0.375. The number of hydrogen-bond donors (Lipinski definition) is 2. The molecular weight excluding hydrogens is 635 g/mol. The predicted molar refractivity (Wildman–Crippen MR) is 169 cm³/mol. The van der Waals surface area contributed by atoms with Crippen LogP contribution in [-0.2, 0) is 33.5 Å². The Morgan fingerprint density at radius 2 is 1.64 bits per heavy atom. The highest BCUT2D eigenvalue weighted by Gasteiger charge is 2.34. The van der Waals surface area contributed by atoms with Crippen molar-refractivity contribution in [2.24, 2.45) is 7.05 Å². The molecule has 2 N–H and O–H groups in total. The van der Waals surface area contributed by atoms with Crippen molar-refractivity contribution in [3.8, 4) is 28.8 Å². The summed E-state index contributed by atoms with van der Waals surface area (Å²) in [5.41, 5.74) is 2.04. The Hall–Kier alpha value is -4.78. The number of nitrogens with zero attached hydrogens (tertiary/aromatic N) is 6. The lowest BCUT2D eigenvalue weighted by Crippen LogP contribution is -2.36. The van der Waals surface area contributed by atoms with Gasteiger partial charge in [0.15, 0.2) is 11.5 Å². The molecule has 1 fully saturated rings. The van der Waals surface area contributed by atoms with Gasteiger partial charge in [-0.1, -0.05) is 57.2 Å². The first-order valence-corrected chi connectivity index (χ1v) is 15.9. The fourth-order valence-corrected chi connectivity index (χ4v) is 5.75. The fraction of sp³-hybridized carbons (Fsp3) is 0.312. The minimum absolute atomic E-state index is 0.0239. The lowest BCUT2D eigenvalue weighted by atomic mass is 9.89. The van der Waals surface area contributed by atoms with Crippen molar-refractivity contribution in [1.82, 2.24) is 24.7 Å². The summed E-state index contributed by atoms with van der Waals surface area (Å²) < 4.78 is 77.8. The van der Waals surface area contributed by atoms with Crippen LogP contribution in [0, 0.1) is 11.3 Å². The number of anilines is 1. The van der Waals surface area contributed by atoms with Gasteiger partial charge in [-0.15, -0.1) is 0 Å². The Bertz CT molecular complexity index is 2060. The number of imidazole rings is 1. The van der Waals surface area contributed by atoms with Gasteiger partial charge in [0.25, 0.3) is 10.1 Å². The zero-order valence-corrected chi connectivity index (χ0v) is 26.8. The van der Waals surface area contributed by atoms with Crippen LogP contribution in [-0.4, -0.2) is 64.0 Å². The topological polar surface area (TPSA) is 150 Å². The zero-order valence-electron chi connectivity index (χ0n) is 26.0. The molecule has 246 valence electrons. The minimum Gasteiger partial charge on any atom is -0.378 e. The van der Waals surface area contributed by atoms with Gasteiger partial charge in [0, 0.05) is 31.1 Å². The van der Waals surface area contributed by atoms with Crippen LogP contribution in [0.2, 0.25) is 0 Å². The van der Waals surface area contributed by atoms with Crippen molar-refractivity contribution >= 4 is 27.0 Å². The van der Waals surface area contributed by atoms with Gasteiger partial charge >= 0.3 is 6.18 Å². The number of benzene rings is 2. The van der Waals surface area contributed by atoms with E-state index in [9.17, 15) is 26.9 Å². The molecule has 1 saturated heterocycles. The quantitative estimate of drug-likeness (QED) is 0.221. The maximum absolute atomic E-state index is 13.8. The van der Waals surface area contributed by atoms with E-state index < -0.39 is 21.9 Å². The molecular formula is C32H32F3N7O4S. The Labute approximate surface area is 269 Å². The molecule has 2 aromatic carbocycles. The van der Waals surface area contributed by atoms with E-state index in [1.165, 1.54) is 24.3 Å². The van der Waals surface area contributed by atoms with Crippen LogP contribution in [0.15, 0.2) is 65.6 Å². The highest BCUT2D eigenvalue weighted by atomic mass is 32.2. The van der Waals surface area contributed by atoms with Crippen molar-refractivity contribution in [3.63, 3.8) is 0 Å². The fourth-order valence-electron chi connectivity index (χ4n) is 5.25. The van der Waals surface area contributed by atoms with Gasteiger partial charge in [-0.05, 0) is 24.3 Å². The molecule has 0 aliphatic carbocycles. The highest BCUT2D eigenvalue weighted by molar-refractivity contribution is 7.85. The second-order valence-electron chi connectivity index (χ2n) is 11.8. The largest absolute Gasteiger partial charge is 0.417 e. The summed E-state index contributed by atoms with van der Waals surface area (Å²) in [7, 11) is -2.27. The van der Waals surface area contributed by atoms with Crippen LogP contribution in [0.3, 0.4) is 0 Å². The number of morpholine rings is 1. The Morgan fingerprint density at radius 3 is 2.21 bits per heavy atom. The summed E-state index contributed by atoms with van der Waals surface area (Å²) in [5, 5.41) is 14.6. The molecule has 47 heavy (non-hydrogen) atoms. The molecule has 0 saturated carbocycles. The van der Waals surface area contributed by atoms with E-state index in [2.05, 4.69) is 26.1 Å². The summed E-state index contributed by atoms with van der Waals surface area (Å²) in [6, 6.07) is 16.7. The van der Waals surface area contributed by atoms with E-state index in [1.54, 1.807) is 42.1 Å². The van der Waals surface area contributed by atoms with Gasteiger partial charge in [0.1, 0.15) is 22.8 Å². The van der Waals surface area contributed by atoms with Gasteiger partial charge in [-0.2, -0.15) is 31.9 Å². The molecule has 0 amide bonds. The number of nitriles is 1. The maximum Gasteiger partial charge on any atom is 0.417 e. The Morgan fingerprint density at radius 1 is 1.00 bits per heavy atom. The van der Waals surface area contributed by atoms with Crippen molar-refractivity contribution < 1.29 is 30.9 Å². The Balaban J connectivity index is 0.000000371. The van der Waals surface area contributed by atoms with Gasteiger partial charge in [-0.25, -0.2) is 9.97 Å². The van der Waals surface area contributed by atoms with Gasteiger partial charge < -0.3 is 14.6 Å². The number of rotatable bonds is 4. The molecule has 0 unspecified atom stereocenters. The first-order valence-electron chi connectivity index (χ1n) is 14.5. The standard InChI is InChI=1S/C26H26F3N7O.C6H6O3S/c1-25(2,3)22-16(14-30)21(35(4)34-22)24-32-20-19(36-9-11-37-12-10-36)13-18(31-23(20)33-24)15-7-5-6-8-17(15)26(27,28)29;7-10(8,9)6-4-2-1-3-5-6/h5-8,13H,9-12H2,1-4H3,(H,31,32,33);1-5H,(H,7,8,9). The summed E-state index contributed by atoms with van der Waals surface area (Å²) in [6.45, 7) is 8.04. The number of aromatic nitrogens is 5. The number of aryl methyl sites for hydroxylation is 1. The normalized spacial score (nSPS) is 14.1. The molecule has 0 radical (unpaired) electrons. The van der Waals surface area contributed by atoms with E-state index in [0.29, 0.717) is 60.3 Å². The number of aromatic amines is 1. The number of hydrogen-bond acceptors (Lipinski definition) is 8. The van der Waals surface area contributed by atoms with Crippen molar-refractivity contribution in [1.29, 1.82) is 5.26 Å². The van der Waals surface area contributed by atoms with Crippen LogP contribution < -0.4 is 4.90 Å². The van der Waals surface area contributed by atoms with Crippen molar-refractivity contribution in [2.45, 2.75) is 37.3 Å². The van der Waals surface area contributed by atoms with Crippen LogP contribution in [0.25, 0.3) is 33.9 Å². The monoisotopic (exact) mass is 667 g/mol. The molecule has 0 bridgehead atoms. The van der Waals surface area contributed by atoms with E-state index in [0.717, 1.165) is 6.07 Å². The van der Waals surface area contributed by atoms with Gasteiger partial charge in [0.2, 0.25) is 0 Å². The van der Waals surface area contributed by atoms with Crippen molar-refractivity contribution in [2.75, 3.05) is 31.2 Å². The molecule has 0 atom stereocenters. The molecule has 1 aliphatic heterocycles. The van der Waals surface area contributed by atoms with E-state index in [-0.39, 0.29) is 27.2 Å². The molecule has 0 spiro atoms. The summed E-state index contributed by atoms with van der Waals surface area (Å²) in [6.07, 6.45) is -4.54. The first kappa shape index (κ1) is 33.6. The molecule has 1 aliphatic rings. The minimum atomic E-state index is -4.54. The predicted octanol–water partition coefficient (Wildman–Crippen LogP) is 5.98. The van der Waals surface area contributed by atoms with Gasteiger partial charge in [-0.3, -0.25) is 9.23 Å². The van der Waals surface area contributed by atoms with Crippen LogP contribution in [0.4, 0.5) is 18.9 Å². The number of alkyl halides is 3. The smallest absolute Gasteiger partial charge is 0.378 e. The average molecular weight is 668 g/mol. The second kappa shape index (κ2) is 12.8. The average Bonchev–Trinajstić information content (AvgIpc) is 3.61. The van der Waals surface area contributed by atoms with Crippen LogP contribution in [0.5, 0.6) is 0 Å². The van der Waals surface area contributed by atoms with Gasteiger partial charge in [0.05, 0.1) is 40.7 Å². The van der Waals surface area contributed by atoms with Crippen LogP contribution in [0.1, 0.15) is 37.6 Å². The van der Waals surface area contributed by atoms with E-state index in [4.69, 9.17) is 9.29 Å². The lowest BCUT2D eigenvalue weighted by Gasteiger charge is -2.29. The first-order chi connectivity index (χ1) is 22.1. The second-order valence-corrected chi connectivity index (χ2v) is 13.2. The molecule has 5 aromatic rings. The molecule has 11 nitrogen and oxygen atoms in total. The SMILES string of the molecule is Cn1nc(C(C)(C)C)c(C#N)c1-c1nc2nc(-c3ccccc3C(F)(F)F)cc(N3CCOCC3)c2[nH]1.O=S(=O)(O)c1ccccc1. The number of H-pyrrole nitrogens is 1. The third-order valence-corrected chi connectivity index (χ3v) is 8.30. The number of ether oxygens (including phenoxy) is 1. The van der Waals surface area contributed by atoms with E-state index in [1.807, 2.05) is 25.7 Å².